The quantitative estimate of drug-likeness (QED) is 0.675. The van der Waals surface area contributed by atoms with E-state index in [4.69, 9.17) is 15.9 Å². The van der Waals surface area contributed by atoms with Gasteiger partial charge in [0.05, 0.1) is 5.56 Å². The third kappa shape index (κ3) is 2.30. The second-order valence-corrected chi connectivity index (χ2v) is 3.81. The predicted molar refractivity (Wildman–Crippen MR) is 63.7 cm³/mol. The minimum Gasteiger partial charge on any atom is -0.398 e. The molecule has 0 spiro atoms. The van der Waals surface area contributed by atoms with Gasteiger partial charge in [-0.15, -0.1) is 0 Å². The maximum absolute atomic E-state index is 7.32. The molecule has 0 radical (unpaired) electrons. The number of nitrogens with two attached hydrogens (primary N) is 1. The Morgan fingerprint density at radius 2 is 2.44 bits per heavy atom. The molecule has 2 rings (SSSR count). The van der Waals surface area contributed by atoms with Crippen molar-refractivity contribution in [2.75, 3.05) is 17.7 Å². The fraction of sp³-hybridized carbons (Fsp3) is 0.455. The maximum atomic E-state index is 7.32. The Balaban J connectivity index is 2.13. The molecule has 1 aliphatic rings. The van der Waals surface area contributed by atoms with Crippen LogP contribution < -0.4 is 11.1 Å². The monoisotopic (exact) mass is 220 g/mol. The summed E-state index contributed by atoms with van der Waals surface area (Å²) in [7, 11) is 0. The number of rotatable bonds is 3. The van der Waals surface area contributed by atoms with Gasteiger partial charge in [0.15, 0.2) is 0 Å². The Labute approximate surface area is 94.5 Å². The summed E-state index contributed by atoms with van der Waals surface area (Å²) in [4.78, 5) is 4.18. The van der Waals surface area contributed by atoms with Crippen molar-refractivity contribution < 1.29 is 4.74 Å². The topological polar surface area (TPSA) is 84.0 Å². The summed E-state index contributed by atoms with van der Waals surface area (Å²) in [6, 6.07) is 1.69. The zero-order valence-corrected chi connectivity index (χ0v) is 9.07. The summed E-state index contributed by atoms with van der Waals surface area (Å²) in [5.41, 5.74) is 6.95. The Hall–Kier alpha value is -1.62. The first-order valence-corrected chi connectivity index (χ1v) is 5.44. The molecule has 2 heterocycles. The molecule has 1 aromatic heterocycles. The van der Waals surface area contributed by atoms with E-state index in [9.17, 15) is 0 Å². The van der Waals surface area contributed by atoms with Crippen molar-refractivity contribution in [3.8, 4) is 0 Å². The van der Waals surface area contributed by atoms with Gasteiger partial charge in [0.25, 0.3) is 0 Å². The van der Waals surface area contributed by atoms with E-state index in [1.54, 1.807) is 12.3 Å². The van der Waals surface area contributed by atoms with E-state index in [0.717, 1.165) is 25.9 Å². The first-order valence-electron chi connectivity index (χ1n) is 5.44. The van der Waals surface area contributed by atoms with Gasteiger partial charge in [-0.25, -0.2) is 4.98 Å². The Kier molecular flexibility index (Phi) is 3.36. The minimum atomic E-state index is -0.0123. The van der Waals surface area contributed by atoms with Crippen LogP contribution in [0.2, 0.25) is 0 Å². The van der Waals surface area contributed by atoms with Gasteiger partial charge in [-0.2, -0.15) is 0 Å². The molecule has 0 saturated carbocycles. The van der Waals surface area contributed by atoms with Gasteiger partial charge in [-0.3, -0.25) is 0 Å². The van der Waals surface area contributed by atoms with Crippen LogP contribution in [0, 0.1) is 5.41 Å². The minimum absolute atomic E-state index is 0.0123. The number of aromatic nitrogens is 1. The molecule has 16 heavy (non-hydrogen) atoms. The molecule has 1 fully saturated rings. The third-order valence-electron chi connectivity index (χ3n) is 2.65. The Morgan fingerprint density at radius 1 is 1.56 bits per heavy atom. The van der Waals surface area contributed by atoms with Crippen molar-refractivity contribution in [3.05, 3.63) is 17.8 Å². The Bertz CT molecular complexity index is 374. The molecule has 5 nitrogen and oxygen atoms in total. The smallest absolute Gasteiger partial charge is 0.138 e. The van der Waals surface area contributed by atoms with Crippen molar-refractivity contribution in [2.45, 2.75) is 25.5 Å². The highest BCUT2D eigenvalue weighted by molar-refractivity contribution is 5.91. The average Bonchev–Trinajstić information content (AvgIpc) is 2.31. The van der Waals surface area contributed by atoms with Gasteiger partial charge in [-0.1, -0.05) is 0 Å². The standard InChI is InChI=1S/C11H16N4O/c12-7-8-9(13)4-5-14-11(8)15-10-3-1-2-6-16-10/h4-5,7,10,12H,1-3,6H2,(H3,13,14,15). The van der Waals surface area contributed by atoms with E-state index in [-0.39, 0.29) is 6.23 Å². The molecule has 0 aromatic carbocycles. The van der Waals surface area contributed by atoms with Crippen molar-refractivity contribution >= 4 is 17.7 Å². The van der Waals surface area contributed by atoms with Crippen molar-refractivity contribution in [2.24, 2.45) is 0 Å². The number of hydrogen-bond acceptors (Lipinski definition) is 5. The molecule has 1 saturated heterocycles. The van der Waals surface area contributed by atoms with Crippen LogP contribution in [0.15, 0.2) is 12.3 Å². The normalized spacial score (nSPS) is 20.4. The number of ether oxygens (including phenoxy) is 1. The molecule has 4 N–H and O–H groups in total. The second kappa shape index (κ2) is 4.94. The maximum Gasteiger partial charge on any atom is 0.138 e. The fourth-order valence-electron chi connectivity index (χ4n) is 1.76. The van der Waals surface area contributed by atoms with Gasteiger partial charge in [-0.05, 0) is 25.3 Å². The number of nitrogens with zero attached hydrogens (tertiary/aromatic N) is 1. The summed E-state index contributed by atoms with van der Waals surface area (Å²) in [5, 5.41) is 10.5. The van der Waals surface area contributed by atoms with Crippen LogP contribution in [0.3, 0.4) is 0 Å². The highest BCUT2D eigenvalue weighted by atomic mass is 16.5. The second-order valence-electron chi connectivity index (χ2n) is 3.81. The van der Waals surface area contributed by atoms with Crippen LogP contribution >= 0.6 is 0 Å². The molecule has 86 valence electrons. The third-order valence-corrected chi connectivity index (χ3v) is 2.65. The molecule has 1 unspecified atom stereocenters. The molecule has 1 atom stereocenters. The summed E-state index contributed by atoms with van der Waals surface area (Å²) in [6.45, 7) is 0.778. The van der Waals surface area contributed by atoms with Gasteiger partial charge in [0, 0.05) is 24.7 Å². The number of nitrogen functional groups attached to an aromatic ring is 1. The van der Waals surface area contributed by atoms with Crippen molar-refractivity contribution in [3.63, 3.8) is 0 Å². The lowest BCUT2D eigenvalue weighted by Gasteiger charge is -2.24. The van der Waals surface area contributed by atoms with Crippen molar-refractivity contribution in [1.82, 2.24) is 4.98 Å². The zero-order chi connectivity index (χ0) is 11.4. The van der Waals surface area contributed by atoms with E-state index in [1.165, 1.54) is 6.21 Å². The number of pyridine rings is 1. The largest absolute Gasteiger partial charge is 0.398 e. The van der Waals surface area contributed by atoms with E-state index >= 15 is 0 Å². The molecule has 0 aliphatic carbocycles. The molecule has 1 aliphatic heterocycles. The van der Waals surface area contributed by atoms with E-state index in [2.05, 4.69) is 10.3 Å². The molecule has 5 heteroatoms. The molecule has 1 aromatic rings. The van der Waals surface area contributed by atoms with Crippen molar-refractivity contribution in [1.29, 1.82) is 5.41 Å². The lowest BCUT2D eigenvalue weighted by molar-refractivity contribution is 0.0341. The SMILES string of the molecule is N=Cc1c(N)ccnc1NC1CCCCO1. The summed E-state index contributed by atoms with van der Waals surface area (Å²) < 4.78 is 5.55. The van der Waals surface area contributed by atoms with Gasteiger partial charge >= 0.3 is 0 Å². The highest BCUT2D eigenvalue weighted by Crippen LogP contribution is 2.20. The van der Waals surface area contributed by atoms with Crippen LogP contribution in [0.5, 0.6) is 0 Å². The molecular weight excluding hydrogens is 204 g/mol. The van der Waals surface area contributed by atoms with Crippen LogP contribution in [0.1, 0.15) is 24.8 Å². The summed E-state index contributed by atoms with van der Waals surface area (Å²) in [6.07, 6.45) is 6.07. The first kappa shape index (κ1) is 10.9. The van der Waals surface area contributed by atoms with Crippen LogP contribution in [0.25, 0.3) is 0 Å². The van der Waals surface area contributed by atoms with E-state index in [0.29, 0.717) is 17.1 Å². The fourth-order valence-corrected chi connectivity index (χ4v) is 1.76. The van der Waals surface area contributed by atoms with Crippen LogP contribution in [0.4, 0.5) is 11.5 Å². The lowest BCUT2D eigenvalue weighted by atomic mass is 10.1. The van der Waals surface area contributed by atoms with E-state index in [1.807, 2.05) is 0 Å². The summed E-state index contributed by atoms with van der Waals surface area (Å²) >= 11 is 0. The average molecular weight is 220 g/mol. The number of hydrogen-bond donors (Lipinski definition) is 3. The van der Waals surface area contributed by atoms with Crippen LogP contribution in [-0.4, -0.2) is 24.0 Å². The van der Waals surface area contributed by atoms with Crippen LogP contribution in [-0.2, 0) is 4.74 Å². The lowest BCUT2D eigenvalue weighted by Crippen LogP contribution is -2.28. The van der Waals surface area contributed by atoms with E-state index < -0.39 is 0 Å². The predicted octanol–water partition coefficient (Wildman–Crippen LogP) is 1.60. The Morgan fingerprint density at radius 3 is 3.12 bits per heavy atom. The number of anilines is 2. The zero-order valence-electron chi connectivity index (χ0n) is 9.07. The summed E-state index contributed by atoms with van der Waals surface area (Å²) in [5.74, 6) is 0.627. The highest BCUT2D eigenvalue weighted by Gasteiger charge is 2.15. The molecular formula is C11H16N4O. The molecule has 0 bridgehead atoms. The first-order chi connectivity index (χ1) is 7.81. The van der Waals surface area contributed by atoms with Gasteiger partial charge in [0.1, 0.15) is 12.0 Å². The van der Waals surface area contributed by atoms with Gasteiger partial charge in [0.2, 0.25) is 0 Å². The molecule has 0 amide bonds. The number of nitrogens with one attached hydrogen (secondary N) is 2. The van der Waals surface area contributed by atoms with Gasteiger partial charge < -0.3 is 21.2 Å².